The Balaban J connectivity index is 1.31. The molecule has 4 heterocycles. The number of piperidine rings is 2. The minimum absolute atomic E-state index is 0.000821. The molecule has 53 heavy (non-hydrogen) atoms. The molecule has 12 heteroatoms. The third kappa shape index (κ3) is 7.83. The average molecular weight is 743 g/mol. The number of ether oxygens (including phenoxy) is 3. The number of ketones is 1. The van der Waals surface area contributed by atoms with Crippen molar-refractivity contribution in [1.82, 2.24) is 10.6 Å². The Bertz CT molecular complexity index is 1370. The van der Waals surface area contributed by atoms with E-state index in [1.54, 1.807) is 13.0 Å². The summed E-state index contributed by atoms with van der Waals surface area (Å²) in [4.78, 5) is 27.5. The van der Waals surface area contributed by atoms with Crippen LogP contribution in [-0.2, 0) is 23.8 Å². The van der Waals surface area contributed by atoms with Crippen LogP contribution in [0.5, 0.6) is 0 Å². The zero-order valence-corrected chi connectivity index (χ0v) is 32.0. The summed E-state index contributed by atoms with van der Waals surface area (Å²) in [5.41, 5.74) is 12.6. The second kappa shape index (κ2) is 16.4. The predicted octanol–water partition coefficient (Wildman–Crippen LogP) is 2.28. The smallest absolute Gasteiger partial charge is 0.333 e. The van der Waals surface area contributed by atoms with Gasteiger partial charge in [-0.05, 0) is 121 Å². The molecule has 0 amide bonds. The lowest BCUT2D eigenvalue weighted by atomic mass is 9.51. The van der Waals surface area contributed by atoms with E-state index in [1.807, 2.05) is 6.92 Å². The second-order valence-corrected chi connectivity index (χ2v) is 18.0. The number of aliphatic hydroxyl groups excluding tert-OH is 3. The zero-order chi connectivity index (χ0) is 37.6. The monoisotopic (exact) mass is 742 g/mol. The number of carbonyl (C=O) groups is 2. The quantitative estimate of drug-likeness (QED) is 0.109. The van der Waals surface area contributed by atoms with E-state index in [2.05, 4.69) is 29.7 Å². The molecule has 6 fully saturated rings. The van der Waals surface area contributed by atoms with Crippen molar-refractivity contribution in [2.75, 3.05) is 19.7 Å². The standard InChI is InChI=1S/C41H66N4O8/c1-4-21(2)40(50)52-31-18-29-36(49)34-30(48)17-25(20-46)51-38(34)35(37(29)53-41(31,3)14-12-22-8-11-32(42)45-19-22)33-26(23-6-5-7-24(47)16-23)9-10-28-27(33)13-15-44-39(28)43/h4,9-10,22-29,31-39,44-47,49H,5-8,11-20,42-43H2,1-3H3. The van der Waals surface area contributed by atoms with Crippen LogP contribution in [0.1, 0.15) is 91.4 Å². The third-order valence-corrected chi connectivity index (χ3v) is 14.8. The first-order valence-corrected chi connectivity index (χ1v) is 20.8. The van der Waals surface area contributed by atoms with Crippen molar-refractivity contribution in [3.8, 4) is 0 Å². The molecule has 298 valence electrons. The summed E-state index contributed by atoms with van der Waals surface area (Å²) in [6.07, 6.45) is 10.4. The number of esters is 1. The first-order chi connectivity index (χ1) is 25.4. The molecule has 3 aliphatic carbocycles. The van der Waals surface area contributed by atoms with E-state index in [0.29, 0.717) is 30.8 Å². The maximum atomic E-state index is 14.1. The van der Waals surface area contributed by atoms with Gasteiger partial charge in [0.2, 0.25) is 0 Å². The summed E-state index contributed by atoms with van der Waals surface area (Å²) in [6.45, 7) is 6.92. The van der Waals surface area contributed by atoms with Crippen molar-refractivity contribution in [1.29, 1.82) is 0 Å². The summed E-state index contributed by atoms with van der Waals surface area (Å²) in [5.74, 6) is -1.14. The third-order valence-electron chi connectivity index (χ3n) is 14.8. The summed E-state index contributed by atoms with van der Waals surface area (Å²) < 4.78 is 20.6. The molecule has 7 rings (SSSR count). The van der Waals surface area contributed by atoms with Gasteiger partial charge in [-0.3, -0.25) is 4.79 Å². The number of nitrogens with two attached hydrogens (primary N) is 2. The molecule has 2 saturated carbocycles. The number of hydrogen-bond donors (Lipinski definition) is 7. The number of aliphatic hydroxyl groups is 3. The Morgan fingerprint density at radius 2 is 1.83 bits per heavy atom. The number of allylic oxidation sites excluding steroid dienone is 2. The molecule has 7 aliphatic rings. The largest absolute Gasteiger partial charge is 0.456 e. The molecule has 18 unspecified atom stereocenters. The van der Waals surface area contributed by atoms with Gasteiger partial charge in [0.05, 0.1) is 55.4 Å². The fraction of sp³-hybridized carbons (Fsp3) is 0.854. The van der Waals surface area contributed by atoms with Crippen LogP contribution in [0.15, 0.2) is 23.8 Å². The SMILES string of the molecule is CC=C(C)C(=O)OC1CC2C(O)C3C(=O)CC(CO)OC3C(C3C(C4CCCC(O)C4)C=CC4C(N)NCCC43)C2OC1(C)CCC1CCC(N)NC1. The molecule has 9 N–H and O–H groups in total. The van der Waals surface area contributed by atoms with Crippen LogP contribution in [0.25, 0.3) is 0 Å². The van der Waals surface area contributed by atoms with Gasteiger partial charge in [-0.15, -0.1) is 0 Å². The number of rotatable bonds is 8. The molecule has 18 atom stereocenters. The first kappa shape index (κ1) is 39.5. The number of nitrogens with one attached hydrogen (secondary N) is 2. The number of Topliss-reactive ketones (excluding diaryl/α,β-unsaturated/α-hetero) is 1. The minimum Gasteiger partial charge on any atom is -0.456 e. The number of hydrogen-bond acceptors (Lipinski definition) is 12. The Kier molecular flexibility index (Phi) is 12.2. The van der Waals surface area contributed by atoms with Crippen LogP contribution in [-0.4, -0.2) is 101 Å². The topological polar surface area (TPSA) is 199 Å². The van der Waals surface area contributed by atoms with Crippen LogP contribution in [0, 0.1) is 53.3 Å². The van der Waals surface area contributed by atoms with E-state index in [4.69, 9.17) is 25.7 Å². The highest BCUT2D eigenvalue weighted by Crippen LogP contribution is 2.58. The molecular formula is C41H66N4O8. The lowest BCUT2D eigenvalue weighted by Gasteiger charge is -2.62. The van der Waals surface area contributed by atoms with Gasteiger partial charge >= 0.3 is 5.97 Å². The Morgan fingerprint density at radius 3 is 2.55 bits per heavy atom. The van der Waals surface area contributed by atoms with Gasteiger partial charge in [-0.1, -0.05) is 24.6 Å². The first-order valence-electron chi connectivity index (χ1n) is 20.8. The summed E-state index contributed by atoms with van der Waals surface area (Å²) in [7, 11) is 0. The molecule has 12 nitrogen and oxygen atoms in total. The Morgan fingerprint density at radius 1 is 1.04 bits per heavy atom. The summed E-state index contributed by atoms with van der Waals surface area (Å²) >= 11 is 0. The summed E-state index contributed by atoms with van der Waals surface area (Å²) in [6, 6.07) is 0. The van der Waals surface area contributed by atoms with Gasteiger partial charge < -0.3 is 51.6 Å². The van der Waals surface area contributed by atoms with E-state index in [-0.39, 0.29) is 72.8 Å². The summed E-state index contributed by atoms with van der Waals surface area (Å²) in [5, 5.41) is 40.5. The highest BCUT2D eigenvalue weighted by Gasteiger charge is 2.65. The molecule has 0 radical (unpaired) electrons. The predicted molar refractivity (Wildman–Crippen MR) is 199 cm³/mol. The van der Waals surface area contributed by atoms with Crippen LogP contribution >= 0.6 is 0 Å². The minimum atomic E-state index is -1.06. The van der Waals surface area contributed by atoms with Gasteiger partial charge in [0, 0.05) is 29.7 Å². The van der Waals surface area contributed by atoms with Crippen molar-refractivity contribution in [2.45, 2.75) is 146 Å². The van der Waals surface area contributed by atoms with E-state index in [0.717, 1.165) is 58.0 Å². The van der Waals surface area contributed by atoms with E-state index in [1.165, 1.54) is 0 Å². The lowest BCUT2D eigenvalue weighted by molar-refractivity contribution is -0.296. The van der Waals surface area contributed by atoms with Crippen molar-refractivity contribution in [2.24, 2.45) is 64.7 Å². The normalized spacial score (nSPS) is 49.0. The van der Waals surface area contributed by atoms with Gasteiger partial charge in [0.15, 0.2) is 0 Å². The maximum absolute atomic E-state index is 14.1. The van der Waals surface area contributed by atoms with Crippen LogP contribution < -0.4 is 22.1 Å². The number of carbonyl (C=O) groups excluding carboxylic acids is 2. The van der Waals surface area contributed by atoms with Gasteiger partial charge in [-0.2, -0.15) is 0 Å². The molecule has 0 aromatic carbocycles. The Hall–Kier alpha value is -1.74. The maximum Gasteiger partial charge on any atom is 0.333 e. The molecule has 0 bridgehead atoms. The van der Waals surface area contributed by atoms with Crippen LogP contribution in [0.4, 0.5) is 0 Å². The van der Waals surface area contributed by atoms with E-state index in [9.17, 15) is 24.9 Å². The molecule has 4 saturated heterocycles. The van der Waals surface area contributed by atoms with E-state index >= 15 is 0 Å². The molecular weight excluding hydrogens is 676 g/mol. The highest BCUT2D eigenvalue weighted by molar-refractivity contribution is 5.87. The fourth-order valence-electron chi connectivity index (χ4n) is 11.8. The zero-order valence-electron chi connectivity index (χ0n) is 32.0. The van der Waals surface area contributed by atoms with Gasteiger partial charge in [0.1, 0.15) is 17.5 Å². The molecule has 4 aliphatic heterocycles. The van der Waals surface area contributed by atoms with Crippen LogP contribution in [0.2, 0.25) is 0 Å². The van der Waals surface area contributed by atoms with E-state index < -0.39 is 53.9 Å². The molecule has 0 aromatic rings. The average Bonchev–Trinajstić information content (AvgIpc) is 3.14. The van der Waals surface area contributed by atoms with Crippen molar-refractivity contribution in [3.05, 3.63) is 23.8 Å². The highest BCUT2D eigenvalue weighted by atomic mass is 16.6. The van der Waals surface area contributed by atoms with Crippen LogP contribution in [0.3, 0.4) is 0 Å². The lowest BCUT2D eigenvalue weighted by Crippen LogP contribution is -2.70. The fourth-order valence-corrected chi connectivity index (χ4v) is 11.8. The Labute approximate surface area is 315 Å². The van der Waals surface area contributed by atoms with Gasteiger partial charge in [-0.25, -0.2) is 4.79 Å². The molecule has 0 spiro atoms. The molecule has 0 aromatic heterocycles. The second-order valence-electron chi connectivity index (χ2n) is 18.0. The van der Waals surface area contributed by atoms with Crippen molar-refractivity contribution < 1.29 is 39.1 Å². The van der Waals surface area contributed by atoms with Crippen molar-refractivity contribution in [3.63, 3.8) is 0 Å². The van der Waals surface area contributed by atoms with Crippen molar-refractivity contribution >= 4 is 11.8 Å². The number of fused-ring (bicyclic) bond motifs is 3. The van der Waals surface area contributed by atoms with Gasteiger partial charge in [0.25, 0.3) is 0 Å².